The molecule has 2 amide bonds. The number of thioether (sulfide) groups is 1. The minimum absolute atomic E-state index is 0.0488. The van der Waals surface area contributed by atoms with E-state index >= 15 is 0 Å². The van der Waals surface area contributed by atoms with Crippen molar-refractivity contribution in [2.45, 2.75) is 19.1 Å². The van der Waals surface area contributed by atoms with Crippen LogP contribution in [-0.2, 0) is 9.59 Å². The number of nitrogens with one attached hydrogen (secondary N) is 1. The minimum Gasteiger partial charge on any atom is -0.368 e. The third kappa shape index (κ3) is 5.42. The Labute approximate surface area is 173 Å². The highest BCUT2D eigenvalue weighted by molar-refractivity contribution is 8.01. The molecule has 1 aliphatic rings. The smallest absolute Gasteiger partial charge is 0.238 e. The number of anilines is 2. The van der Waals surface area contributed by atoms with E-state index in [0.29, 0.717) is 29.7 Å². The quantitative estimate of drug-likeness (QED) is 0.770. The van der Waals surface area contributed by atoms with Gasteiger partial charge < -0.3 is 19.6 Å². The first kappa shape index (κ1) is 20.5. The Kier molecular flexibility index (Phi) is 6.85. The number of aromatic nitrogens is 1. The van der Waals surface area contributed by atoms with E-state index in [0.717, 1.165) is 18.8 Å². The number of amides is 2. The van der Waals surface area contributed by atoms with E-state index in [1.165, 1.54) is 11.8 Å². The lowest BCUT2D eigenvalue weighted by molar-refractivity contribution is -0.128. The fourth-order valence-electron chi connectivity index (χ4n) is 2.90. The van der Waals surface area contributed by atoms with Crippen molar-refractivity contribution in [2.24, 2.45) is 0 Å². The summed E-state index contributed by atoms with van der Waals surface area (Å²) in [6.07, 6.45) is 0. The molecule has 1 unspecified atom stereocenters. The van der Waals surface area contributed by atoms with Gasteiger partial charge in [0.15, 0.2) is 5.82 Å². The van der Waals surface area contributed by atoms with Crippen LogP contribution >= 0.6 is 23.4 Å². The van der Waals surface area contributed by atoms with Gasteiger partial charge in [0.05, 0.1) is 11.0 Å². The van der Waals surface area contributed by atoms with Crippen LogP contribution in [0.15, 0.2) is 34.9 Å². The van der Waals surface area contributed by atoms with Gasteiger partial charge in [0.1, 0.15) is 5.76 Å². The van der Waals surface area contributed by atoms with Gasteiger partial charge in [-0.05, 0) is 32.0 Å². The van der Waals surface area contributed by atoms with E-state index in [9.17, 15) is 9.59 Å². The molecule has 1 N–H and O–H groups in total. The molecule has 0 aliphatic carbocycles. The van der Waals surface area contributed by atoms with E-state index in [1.54, 1.807) is 19.9 Å². The van der Waals surface area contributed by atoms with Crippen LogP contribution in [0.5, 0.6) is 0 Å². The largest absolute Gasteiger partial charge is 0.368 e. The number of hydrogen-bond donors (Lipinski definition) is 1. The Bertz CT molecular complexity index is 836. The Morgan fingerprint density at radius 3 is 2.68 bits per heavy atom. The minimum atomic E-state index is -0.367. The second-order valence-corrected chi connectivity index (χ2v) is 8.38. The molecule has 1 saturated heterocycles. The van der Waals surface area contributed by atoms with E-state index < -0.39 is 0 Å². The first-order chi connectivity index (χ1) is 13.4. The van der Waals surface area contributed by atoms with Crippen molar-refractivity contribution in [3.8, 4) is 0 Å². The number of aryl methyl sites for hydroxylation is 1. The first-order valence-electron chi connectivity index (χ1n) is 9.06. The molecule has 9 heteroatoms. The van der Waals surface area contributed by atoms with Gasteiger partial charge in [-0.3, -0.25) is 9.59 Å². The summed E-state index contributed by atoms with van der Waals surface area (Å²) >= 11 is 7.37. The third-order valence-corrected chi connectivity index (χ3v) is 5.87. The fraction of sp³-hybridized carbons (Fsp3) is 0.421. The Morgan fingerprint density at radius 1 is 1.29 bits per heavy atom. The number of hydrogen-bond acceptors (Lipinski definition) is 6. The van der Waals surface area contributed by atoms with Gasteiger partial charge in [0.2, 0.25) is 11.8 Å². The molecular weight excluding hydrogens is 400 g/mol. The molecule has 0 spiro atoms. The summed E-state index contributed by atoms with van der Waals surface area (Å²) in [5, 5.41) is 6.77. The summed E-state index contributed by atoms with van der Waals surface area (Å²) in [7, 11) is 0. The molecule has 1 aliphatic heterocycles. The summed E-state index contributed by atoms with van der Waals surface area (Å²) in [4.78, 5) is 28.7. The Hall–Kier alpha value is -2.19. The van der Waals surface area contributed by atoms with Crippen molar-refractivity contribution in [1.29, 1.82) is 0 Å². The second-order valence-electron chi connectivity index (χ2n) is 6.61. The normalized spacial score (nSPS) is 15.4. The molecule has 1 atom stereocenters. The number of carbonyl (C=O) groups is 2. The molecule has 2 aromatic rings. The van der Waals surface area contributed by atoms with E-state index in [-0.39, 0.29) is 22.8 Å². The molecule has 1 fully saturated rings. The summed E-state index contributed by atoms with van der Waals surface area (Å²) in [6, 6.07) is 9.39. The highest BCUT2D eigenvalue weighted by Gasteiger charge is 2.23. The van der Waals surface area contributed by atoms with Crippen LogP contribution in [0, 0.1) is 6.92 Å². The van der Waals surface area contributed by atoms with Gasteiger partial charge in [-0.1, -0.05) is 22.8 Å². The van der Waals surface area contributed by atoms with Crippen molar-refractivity contribution in [3.63, 3.8) is 0 Å². The molecule has 0 saturated carbocycles. The zero-order chi connectivity index (χ0) is 20.1. The highest BCUT2D eigenvalue weighted by Crippen LogP contribution is 2.21. The first-order valence-corrected chi connectivity index (χ1v) is 10.5. The van der Waals surface area contributed by atoms with Crippen LogP contribution < -0.4 is 10.2 Å². The van der Waals surface area contributed by atoms with Crippen LogP contribution in [-0.4, -0.2) is 59.1 Å². The fourth-order valence-corrected chi connectivity index (χ4v) is 3.87. The molecule has 2 heterocycles. The van der Waals surface area contributed by atoms with E-state index in [2.05, 4.69) is 15.4 Å². The molecule has 1 aromatic heterocycles. The number of piperazine rings is 1. The molecule has 0 radical (unpaired) electrons. The monoisotopic (exact) mass is 422 g/mol. The number of carbonyl (C=O) groups excluding carboxylic acids is 2. The van der Waals surface area contributed by atoms with Crippen molar-refractivity contribution < 1.29 is 14.1 Å². The number of rotatable bonds is 6. The molecule has 0 bridgehead atoms. The summed E-state index contributed by atoms with van der Waals surface area (Å²) < 4.78 is 4.93. The summed E-state index contributed by atoms with van der Waals surface area (Å²) in [5.41, 5.74) is 1.07. The highest BCUT2D eigenvalue weighted by atomic mass is 35.5. The average Bonchev–Trinajstić information content (AvgIpc) is 3.10. The summed E-state index contributed by atoms with van der Waals surface area (Å²) in [5.74, 6) is 1.13. The van der Waals surface area contributed by atoms with Crippen molar-refractivity contribution in [1.82, 2.24) is 10.1 Å². The zero-order valence-electron chi connectivity index (χ0n) is 15.9. The van der Waals surface area contributed by atoms with Crippen molar-refractivity contribution >= 4 is 46.7 Å². The van der Waals surface area contributed by atoms with Gasteiger partial charge in [0.25, 0.3) is 0 Å². The van der Waals surface area contributed by atoms with Gasteiger partial charge >= 0.3 is 0 Å². The molecule has 3 rings (SSSR count). The Morgan fingerprint density at radius 2 is 2.04 bits per heavy atom. The van der Waals surface area contributed by atoms with Crippen LogP contribution in [0.1, 0.15) is 12.7 Å². The molecule has 150 valence electrons. The predicted octanol–water partition coefficient (Wildman–Crippen LogP) is 3.05. The lowest BCUT2D eigenvalue weighted by atomic mass is 10.2. The Balaban J connectivity index is 1.42. The maximum absolute atomic E-state index is 12.5. The average molecular weight is 423 g/mol. The molecular formula is C19H23ClN4O3S. The molecule has 1 aromatic carbocycles. The molecule has 28 heavy (non-hydrogen) atoms. The van der Waals surface area contributed by atoms with Gasteiger partial charge in [-0.2, -0.15) is 0 Å². The van der Waals surface area contributed by atoms with Crippen LogP contribution in [0.2, 0.25) is 5.02 Å². The number of nitrogens with zero attached hydrogens (tertiary/aromatic N) is 3. The standard InChI is InChI=1S/C19H23ClN4O3S/c1-13-10-17(22-27-13)21-19(26)14(2)28-12-18(25)24-8-6-23(7-9-24)16-5-3-4-15(20)11-16/h3-5,10-11,14H,6-9,12H2,1-2H3,(H,21,22,26). The van der Waals surface area contributed by atoms with E-state index in [1.807, 2.05) is 29.2 Å². The third-order valence-electron chi connectivity index (χ3n) is 4.51. The van der Waals surface area contributed by atoms with Gasteiger partial charge in [-0.25, -0.2) is 0 Å². The summed E-state index contributed by atoms with van der Waals surface area (Å²) in [6.45, 7) is 6.37. The van der Waals surface area contributed by atoms with Crippen LogP contribution in [0.4, 0.5) is 11.5 Å². The lowest BCUT2D eigenvalue weighted by Crippen LogP contribution is -2.49. The van der Waals surface area contributed by atoms with Crippen LogP contribution in [0.25, 0.3) is 0 Å². The van der Waals surface area contributed by atoms with Gasteiger partial charge in [0, 0.05) is 43.0 Å². The lowest BCUT2D eigenvalue weighted by Gasteiger charge is -2.36. The predicted molar refractivity (Wildman–Crippen MR) is 112 cm³/mol. The maximum atomic E-state index is 12.5. The topological polar surface area (TPSA) is 78.7 Å². The number of halogens is 1. The maximum Gasteiger partial charge on any atom is 0.238 e. The second kappa shape index (κ2) is 9.34. The van der Waals surface area contributed by atoms with E-state index in [4.69, 9.17) is 16.1 Å². The molecule has 7 nitrogen and oxygen atoms in total. The zero-order valence-corrected chi connectivity index (χ0v) is 17.4. The van der Waals surface area contributed by atoms with Gasteiger partial charge in [-0.15, -0.1) is 11.8 Å². The van der Waals surface area contributed by atoms with Crippen LogP contribution in [0.3, 0.4) is 0 Å². The van der Waals surface area contributed by atoms with Crippen molar-refractivity contribution in [3.05, 3.63) is 41.1 Å². The van der Waals surface area contributed by atoms with Crippen molar-refractivity contribution in [2.75, 3.05) is 42.1 Å². The number of benzene rings is 1. The SMILES string of the molecule is Cc1cc(NC(=O)C(C)SCC(=O)N2CCN(c3cccc(Cl)c3)CC2)no1.